The monoisotopic (exact) mass is 546 g/mol. The highest BCUT2D eigenvalue weighted by Gasteiger charge is 2.51. The fourth-order valence-electron chi connectivity index (χ4n) is 4.32. The molecule has 3 aromatic rings. The van der Waals surface area contributed by atoms with Gasteiger partial charge in [0.05, 0.1) is 28.3 Å². The summed E-state index contributed by atoms with van der Waals surface area (Å²) in [5.41, 5.74) is 6.42. The Morgan fingerprint density at radius 1 is 1.11 bits per heavy atom. The summed E-state index contributed by atoms with van der Waals surface area (Å²) < 4.78 is 37.0. The first kappa shape index (κ1) is 27.0. The number of sulfone groups is 1. The van der Waals surface area contributed by atoms with E-state index in [1.165, 1.54) is 35.6 Å². The molecule has 4 rings (SSSR count). The molecule has 12 heteroatoms. The number of rotatable bonds is 11. The first-order chi connectivity index (χ1) is 17.8. The van der Waals surface area contributed by atoms with Gasteiger partial charge in [0.25, 0.3) is 5.91 Å². The Hall–Kier alpha value is -3.06. The number of benzene rings is 2. The zero-order chi connectivity index (χ0) is 26.5. The van der Waals surface area contributed by atoms with E-state index in [-0.39, 0.29) is 36.8 Å². The van der Waals surface area contributed by atoms with Crippen molar-refractivity contribution in [3.63, 3.8) is 0 Å². The standard InChI is InChI=1S/C25H30N4O6S2/c1-34-17-15-29-13-10-25(11-14-29,24(26)31)37(32,33)19-8-6-18(7-9-19)35-16-12-27-22(30)23-28-20-4-2-3-5-21(20)36-23/h2-9H,10-17H2,1H3,(H2,26,31)(H,27,30). The second-order valence-corrected chi connectivity index (χ2v) is 12.0. The molecule has 0 radical (unpaired) electrons. The molecule has 0 spiro atoms. The highest BCUT2D eigenvalue weighted by Crippen LogP contribution is 2.36. The zero-order valence-electron chi connectivity index (χ0n) is 20.5. The number of likely N-dealkylation sites (tertiary alicyclic amines) is 1. The maximum Gasteiger partial charge on any atom is 0.280 e. The van der Waals surface area contributed by atoms with E-state index in [0.717, 1.165) is 10.2 Å². The summed E-state index contributed by atoms with van der Waals surface area (Å²) in [6.07, 6.45) is 0.252. The van der Waals surface area contributed by atoms with Crippen molar-refractivity contribution in [2.24, 2.45) is 5.73 Å². The summed E-state index contributed by atoms with van der Waals surface area (Å²) in [4.78, 5) is 31.2. The van der Waals surface area contributed by atoms with Crippen LogP contribution in [-0.4, -0.2) is 81.4 Å². The molecule has 198 valence electrons. The van der Waals surface area contributed by atoms with Crippen molar-refractivity contribution in [3.05, 3.63) is 53.5 Å². The molecule has 3 N–H and O–H groups in total. The van der Waals surface area contributed by atoms with Crippen molar-refractivity contribution in [2.45, 2.75) is 22.5 Å². The van der Waals surface area contributed by atoms with Crippen LogP contribution >= 0.6 is 11.3 Å². The molecule has 0 aliphatic carbocycles. The number of nitrogens with zero attached hydrogens (tertiary/aromatic N) is 2. The van der Waals surface area contributed by atoms with Crippen LogP contribution < -0.4 is 15.8 Å². The van der Waals surface area contributed by atoms with E-state index in [1.807, 2.05) is 24.3 Å². The van der Waals surface area contributed by atoms with Crippen molar-refractivity contribution in [3.8, 4) is 5.75 Å². The molecule has 1 aromatic heterocycles. The minimum atomic E-state index is -4.01. The SMILES string of the molecule is COCCN1CCC(C(N)=O)(S(=O)(=O)c2ccc(OCCNC(=O)c3nc4ccccc4s3)cc2)CC1. The summed E-state index contributed by atoms with van der Waals surface area (Å²) in [6, 6.07) is 13.4. The lowest BCUT2D eigenvalue weighted by Gasteiger charge is -2.38. The highest BCUT2D eigenvalue weighted by molar-refractivity contribution is 7.93. The number of ether oxygens (including phenoxy) is 2. The number of thiazole rings is 1. The fourth-order valence-corrected chi connectivity index (χ4v) is 7.14. The Labute approximate surface area is 219 Å². The van der Waals surface area contributed by atoms with E-state index in [9.17, 15) is 18.0 Å². The number of carbonyl (C=O) groups is 2. The quantitative estimate of drug-likeness (QED) is 0.347. The molecule has 0 bridgehead atoms. The number of para-hydroxylation sites is 1. The lowest BCUT2D eigenvalue weighted by Crippen LogP contribution is -2.57. The summed E-state index contributed by atoms with van der Waals surface area (Å²) in [5.74, 6) is -0.671. The molecule has 0 unspecified atom stereocenters. The second kappa shape index (κ2) is 11.5. The fraction of sp³-hybridized carbons (Fsp3) is 0.400. The van der Waals surface area contributed by atoms with Gasteiger partial charge in [-0.05, 0) is 49.2 Å². The van der Waals surface area contributed by atoms with Gasteiger partial charge in [0.15, 0.2) is 19.6 Å². The van der Waals surface area contributed by atoms with Crippen LogP contribution in [0.3, 0.4) is 0 Å². The number of piperidine rings is 1. The Bertz CT molecular complexity index is 1320. The third-order valence-electron chi connectivity index (χ3n) is 6.52. The summed E-state index contributed by atoms with van der Waals surface area (Å²) >= 11 is 1.32. The van der Waals surface area contributed by atoms with Gasteiger partial charge < -0.3 is 25.4 Å². The number of nitrogens with one attached hydrogen (secondary N) is 1. The van der Waals surface area contributed by atoms with E-state index in [0.29, 0.717) is 37.0 Å². The molecule has 10 nitrogen and oxygen atoms in total. The smallest absolute Gasteiger partial charge is 0.280 e. The maximum absolute atomic E-state index is 13.5. The maximum atomic E-state index is 13.5. The van der Waals surface area contributed by atoms with Gasteiger partial charge in [0.1, 0.15) is 12.4 Å². The summed E-state index contributed by atoms with van der Waals surface area (Å²) in [7, 11) is -2.41. The number of nitrogens with two attached hydrogens (primary N) is 1. The first-order valence-corrected chi connectivity index (χ1v) is 14.2. The molecule has 1 fully saturated rings. The first-order valence-electron chi connectivity index (χ1n) is 11.9. The molecule has 0 atom stereocenters. The molecule has 0 saturated carbocycles. The molecule has 2 heterocycles. The van der Waals surface area contributed by atoms with Gasteiger partial charge in [0, 0.05) is 26.7 Å². The van der Waals surface area contributed by atoms with Gasteiger partial charge in [0.2, 0.25) is 5.91 Å². The van der Waals surface area contributed by atoms with Gasteiger partial charge in [-0.1, -0.05) is 12.1 Å². The Morgan fingerprint density at radius 2 is 1.81 bits per heavy atom. The van der Waals surface area contributed by atoms with E-state index >= 15 is 0 Å². The Kier molecular flexibility index (Phi) is 8.42. The van der Waals surface area contributed by atoms with Crippen molar-refractivity contribution in [1.29, 1.82) is 0 Å². The number of amides is 2. The van der Waals surface area contributed by atoms with Crippen LogP contribution in [0.25, 0.3) is 10.2 Å². The van der Waals surface area contributed by atoms with Crippen LogP contribution in [0, 0.1) is 0 Å². The number of methoxy groups -OCH3 is 1. The molecule has 1 saturated heterocycles. The van der Waals surface area contributed by atoms with E-state index in [2.05, 4.69) is 15.2 Å². The summed E-state index contributed by atoms with van der Waals surface area (Å²) in [5, 5.41) is 3.15. The molecule has 1 aliphatic rings. The number of hydrogen-bond donors (Lipinski definition) is 2. The molecule has 2 aromatic carbocycles. The lowest BCUT2D eigenvalue weighted by atomic mass is 9.95. The lowest BCUT2D eigenvalue weighted by molar-refractivity contribution is -0.121. The second-order valence-electron chi connectivity index (χ2n) is 8.76. The molecule has 37 heavy (non-hydrogen) atoms. The largest absolute Gasteiger partial charge is 0.492 e. The van der Waals surface area contributed by atoms with Gasteiger partial charge in [-0.25, -0.2) is 13.4 Å². The van der Waals surface area contributed by atoms with E-state index < -0.39 is 20.5 Å². The number of carbonyl (C=O) groups excluding carboxylic acids is 2. The van der Waals surface area contributed by atoms with Crippen LogP contribution in [0.4, 0.5) is 0 Å². The van der Waals surface area contributed by atoms with Crippen molar-refractivity contribution in [1.82, 2.24) is 15.2 Å². The van der Waals surface area contributed by atoms with Crippen LogP contribution in [0.5, 0.6) is 5.75 Å². The van der Waals surface area contributed by atoms with Crippen LogP contribution in [0.15, 0.2) is 53.4 Å². The van der Waals surface area contributed by atoms with Gasteiger partial charge in [-0.3, -0.25) is 9.59 Å². The number of fused-ring (bicyclic) bond motifs is 1. The van der Waals surface area contributed by atoms with E-state index in [4.69, 9.17) is 15.2 Å². The average molecular weight is 547 g/mol. The third-order valence-corrected chi connectivity index (χ3v) is 10.1. The Balaban J connectivity index is 1.33. The van der Waals surface area contributed by atoms with E-state index in [1.54, 1.807) is 7.11 Å². The molecule has 1 aliphatic heterocycles. The van der Waals surface area contributed by atoms with Crippen LogP contribution in [0.2, 0.25) is 0 Å². The molecule has 2 amide bonds. The Morgan fingerprint density at radius 3 is 2.46 bits per heavy atom. The van der Waals surface area contributed by atoms with Crippen LogP contribution in [0.1, 0.15) is 22.6 Å². The van der Waals surface area contributed by atoms with Crippen molar-refractivity contribution < 1.29 is 27.5 Å². The number of aromatic nitrogens is 1. The van der Waals surface area contributed by atoms with Crippen molar-refractivity contribution >= 4 is 43.2 Å². The number of primary amides is 1. The van der Waals surface area contributed by atoms with Gasteiger partial charge in [-0.2, -0.15) is 0 Å². The molecular formula is C25H30N4O6S2. The third kappa shape index (κ3) is 5.77. The summed E-state index contributed by atoms with van der Waals surface area (Å²) in [6.45, 7) is 2.51. The van der Waals surface area contributed by atoms with Crippen LogP contribution in [-0.2, 0) is 19.4 Å². The normalized spacial score (nSPS) is 15.9. The molecular weight excluding hydrogens is 516 g/mol. The number of hydrogen-bond acceptors (Lipinski definition) is 9. The highest BCUT2D eigenvalue weighted by atomic mass is 32.2. The topological polar surface area (TPSA) is 141 Å². The van der Waals surface area contributed by atoms with Crippen molar-refractivity contribution in [2.75, 3.05) is 46.5 Å². The zero-order valence-corrected chi connectivity index (χ0v) is 22.1. The predicted molar refractivity (Wildman–Crippen MR) is 141 cm³/mol. The predicted octanol–water partition coefficient (Wildman–Crippen LogP) is 1.85. The minimum Gasteiger partial charge on any atom is -0.492 e. The average Bonchev–Trinajstić information content (AvgIpc) is 3.35. The minimum absolute atomic E-state index is 0.0214. The van der Waals surface area contributed by atoms with Gasteiger partial charge in [-0.15, -0.1) is 11.3 Å². The van der Waals surface area contributed by atoms with Gasteiger partial charge >= 0.3 is 0 Å².